The van der Waals surface area contributed by atoms with Crippen LogP contribution >= 0.6 is 0 Å². The van der Waals surface area contributed by atoms with Crippen molar-refractivity contribution in [1.29, 1.82) is 5.26 Å². The third-order valence-electron chi connectivity index (χ3n) is 2.38. The Labute approximate surface area is 96.8 Å². The fourth-order valence-corrected chi connectivity index (χ4v) is 1.36. The average Bonchev–Trinajstić information content (AvgIpc) is 2.25. The van der Waals surface area contributed by atoms with E-state index in [1.54, 1.807) is 6.07 Å². The molecule has 0 bridgehead atoms. The van der Waals surface area contributed by atoms with Crippen molar-refractivity contribution in [3.05, 3.63) is 24.3 Å². The summed E-state index contributed by atoms with van der Waals surface area (Å²) in [6, 6.07) is 9.65. The van der Waals surface area contributed by atoms with Gasteiger partial charge in [0.15, 0.2) is 0 Å². The van der Waals surface area contributed by atoms with Crippen molar-refractivity contribution in [3.8, 4) is 11.8 Å². The summed E-state index contributed by atoms with van der Waals surface area (Å²) in [6.07, 6.45) is 1.71. The molecule has 2 N–H and O–H groups in total. The van der Waals surface area contributed by atoms with Crippen molar-refractivity contribution in [2.45, 2.75) is 26.7 Å². The summed E-state index contributed by atoms with van der Waals surface area (Å²) in [4.78, 5) is 0. The van der Waals surface area contributed by atoms with Gasteiger partial charge in [-0.15, -0.1) is 0 Å². The van der Waals surface area contributed by atoms with E-state index in [0.717, 1.165) is 18.6 Å². The van der Waals surface area contributed by atoms with Gasteiger partial charge in [-0.2, -0.15) is 5.26 Å². The molecule has 0 heterocycles. The molecule has 1 aromatic carbocycles. The number of hydrogen-bond acceptors (Lipinski definition) is 3. The predicted octanol–water partition coefficient (Wildman–Crippen LogP) is 2.98. The van der Waals surface area contributed by atoms with Crippen LogP contribution in [0.5, 0.6) is 5.75 Å². The van der Waals surface area contributed by atoms with E-state index >= 15 is 0 Å². The molecule has 86 valence electrons. The van der Waals surface area contributed by atoms with Gasteiger partial charge < -0.3 is 10.5 Å². The second kappa shape index (κ2) is 5.41. The topological polar surface area (TPSA) is 59.0 Å². The maximum atomic E-state index is 8.84. The summed E-state index contributed by atoms with van der Waals surface area (Å²) in [5.41, 5.74) is 6.07. The van der Waals surface area contributed by atoms with Crippen LogP contribution in [-0.4, -0.2) is 6.61 Å². The lowest BCUT2D eigenvalue weighted by atomic mass is 9.90. The average molecular weight is 218 g/mol. The lowest BCUT2D eigenvalue weighted by molar-refractivity contribution is 0.284. The molecule has 1 rings (SSSR count). The van der Waals surface area contributed by atoms with E-state index in [4.69, 9.17) is 15.7 Å². The van der Waals surface area contributed by atoms with E-state index in [1.165, 1.54) is 0 Å². The Balaban J connectivity index is 2.29. The van der Waals surface area contributed by atoms with E-state index in [-0.39, 0.29) is 5.41 Å². The number of ether oxygens (including phenoxy) is 1. The predicted molar refractivity (Wildman–Crippen MR) is 65.0 cm³/mol. The Hall–Kier alpha value is -1.69. The molecule has 0 aliphatic rings. The van der Waals surface area contributed by atoms with Gasteiger partial charge in [0.05, 0.1) is 18.1 Å². The van der Waals surface area contributed by atoms with E-state index < -0.39 is 0 Å². The van der Waals surface area contributed by atoms with E-state index in [9.17, 15) is 0 Å². The molecule has 0 aliphatic carbocycles. The molecule has 16 heavy (non-hydrogen) atoms. The molecular formula is C13H18N2O. The quantitative estimate of drug-likeness (QED) is 0.610. The van der Waals surface area contributed by atoms with E-state index in [0.29, 0.717) is 12.3 Å². The fraction of sp³-hybridized carbons (Fsp3) is 0.462. The molecule has 3 heteroatoms. The summed E-state index contributed by atoms with van der Waals surface area (Å²) in [7, 11) is 0. The maximum absolute atomic E-state index is 8.84. The first-order valence-corrected chi connectivity index (χ1v) is 5.43. The van der Waals surface area contributed by atoms with Crippen molar-refractivity contribution < 1.29 is 4.74 Å². The molecule has 0 amide bonds. The maximum Gasteiger partial charge on any atom is 0.121 e. The molecule has 1 aromatic rings. The highest BCUT2D eigenvalue weighted by Crippen LogP contribution is 2.21. The molecule has 0 radical (unpaired) electrons. The lowest BCUT2D eigenvalue weighted by Gasteiger charge is -2.14. The number of nitriles is 1. The Morgan fingerprint density at radius 1 is 1.44 bits per heavy atom. The zero-order valence-electron chi connectivity index (χ0n) is 9.86. The van der Waals surface area contributed by atoms with Crippen LogP contribution in [0.4, 0.5) is 5.69 Å². The van der Waals surface area contributed by atoms with Crippen LogP contribution in [0.2, 0.25) is 0 Å². The first kappa shape index (κ1) is 12.4. The van der Waals surface area contributed by atoms with Crippen molar-refractivity contribution in [3.63, 3.8) is 0 Å². The smallest absolute Gasteiger partial charge is 0.121 e. The molecule has 0 fully saturated rings. The van der Waals surface area contributed by atoms with Crippen LogP contribution in [0.15, 0.2) is 24.3 Å². The first-order chi connectivity index (χ1) is 7.53. The molecule has 0 aliphatic heterocycles. The van der Waals surface area contributed by atoms with Crippen molar-refractivity contribution in [1.82, 2.24) is 0 Å². The zero-order chi connectivity index (χ0) is 12.0. The number of hydrogen-bond donors (Lipinski definition) is 1. The summed E-state index contributed by atoms with van der Waals surface area (Å²) >= 11 is 0. The molecular weight excluding hydrogens is 200 g/mol. The van der Waals surface area contributed by atoms with E-state index in [1.807, 2.05) is 32.0 Å². The molecule has 3 nitrogen and oxygen atoms in total. The molecule has 0 spiro atoms. The molecule has 0 atom stereocenters. The Morgan fingerprint density at radius 2 is 2.19 bits per heavy atom. The molecule has 0 saturated carbocycles. The molecule has 0 aromatic heterocycles. The van der Waals surface area contributed by atoms with Gasteiger partial charge in [-0.3, -0.25) is 0 Å². The highest BCUT2D eigenvalue weighted by Gasteiger charge is 2.15. The van der Waals surface area contributed by atoms with Crippen LogP contribution in [-0.2, 0) is 0 Å². The summed E-state index contributed by atoms with van der Waals surface area (Å²) in [5.74, 6) is 0.787. The minimum atomic E-state index is -0.265. The number of nitrogen functional groups attached to an aromatic ring is 1. The Morgan fingerprint density at radius 3 is 2.81 bits per heavy atom. The zero-order valence-corrected chi connectivity index (χ0v) is 9.86. The number of anilines is 1. The number of nitrogens with two attached hydrogens (primary N) is 1. The van der Waals surface area contributed by atoms with Crippen LogP contribution in [0, 0.1) is 16.7 Å². The van der Waals surface area contributed by atoms with Crippen LogP contribution in [0.25, 0.3) is 0 Å². The SMILES string of the molecule is CC(C)(C#N)CCCOc1cccc(N)c1. The minimum Gasteiger partial charge on any atom is -0.494 e. The minimum absolute atomic E-state index is 0.265. The second-order valence-corrected chi connectivity index (χ2v) is 4.52. The summed E-state index contributed by atoms with van der Waals surface area (Å²) in [5, 5.41) is 8.84. The largest absolute Gasteiger partial charge is 0.494 e. The van der Waals surface area contributed by atoms with Crippen molar-refractivity contribution in [2.75, 3.05) is 12.3 Å². The lowest BCUT2D eigenvalue weighted by Crippen LogP contribution is -2.10. The Bertz CT molecular complexity index is 380. The van der Waals surface area contributed by atoms with Crippen LogP contribution in [0.3, 0.4) is 0 Å². The highest BCUT2D eigenvalue weighted by molar-refractivity contribution is 5.43. The number of benzene rings is 1. The summed E-state index contributed by atoms with van der Waals surface area (Å²) in [6.45, 7) is 4.50. The van der Waals surface area contributed by atoms with Gasteiger partial charge in [0.25, 0.3) is 0 Å². The van der Waals surface area contributed by atoms with Gasteiger partial charge in [-0.25, -0.2) is 0 Å². The van der Waals surface area contributed by atoms with Gasteiger partial charge >= 0.3 is 0 Å². The van der Waals surface area contributed by atoms with Crippen LogP contribution in [0.1, 0.15) is 26.7 Å². The first-order valence-electron chi connectivity index (χ1n) is 5.43. The van der Waals surface area contributed by atoms with Gasteiger partial charge in [0, 0.05) is 11.8 Å². The summed E-state index contributed by atoms with van der Waals surface area (Å²) < 4.78 is 5.54. The molecule has 0 saturated heterocycles. The number of rotatable bonds is 5. The van der Waals surface area contributed by atoms with Gasteiger partial charge in [0.2, 0.25) is 0 Å². The molecule has 0 unspecified atom stereocenters. The second-order valence-electron chi connectivity index (χ2n) is 4.52. The monoisotopic (exact) mass is 218 g/mol. The fourth-order valence-electron chi connectivity index (χ4n) is 1.36. The highest BCUT2D eigenvalue weighted by atomic mass is 16.5. The Kier molecular flexibility index (Phi) is 4.19. The van der Waals surface area contributed by atoms with Gasteiger partial charge in [-0.1, -0.05) is 6.07 Å². The third kappa shape index (κ3) is 4.22. The van der Waals surface area contributed by atoms with Crippen molar-refractivity contribution in [2.24, 2.45) is 5.41 Å². The van der Waals surface area contributed by atoms with E-state index in [2.05, 4.69) is 6.07 Å². The third-order valence-corrected chi connectivity index (χ3v) is 2.38. The van der Waals surface area contributed by atoms with Crippen molar-refractivity contribution >= 4 is 5.69 Å². The van der Waals surface area contributed by atoms with Gasteiger partial charge in [-0.05, 0) is 38.8 Å². The standard InChI is InChI=1S/C13H18N2O/c1-13(2,10-14)7-4-8-16-12-6-3-5-11(15)9-12/h3,5-6,9H,4,7-8,15H2,1-2H3. The number of nitrogens with zero attached hydrogens (tertiary/aromatic N) is 1. The van der Waals surface area contributed by atoms with Gasteiger partial charge in [0.1, 0.15) is 5.75 Å². The normalized spacial score (nSPS) is 10.8. The van der Waals surface area contributed by atoms with Crippen LogP contribution < -0.4 is 10.5 Å².